The largest absolute Gasteiger partial charge is 0.455 e. The molecule has 80 valence electrons. The molecule has 0 aliphatic rings. The minimum atomic E-state index is -0.573. The van der Waals surface area contributed by atoms with Crippen molar-refractivity contribution in [1.82, 2.24) is 5.32 Å². The number of nitrogens with one attached hydrogen (secondary N) is 1. The van der Waals surface area contributed by atoms with E-state index >= 15 is 0 Å². The van der Waals surface area contributed by atoms with E-state index in [9.17, 15) is 9.59 Å². The molecule has 0 aliphatic carbocycles. The van der Waals surface area contributed by atoms with Crippen molar-refractivity contribution in [3.05, 3.63) is 10.7 Å². The van der Waals surface area contributed by atoms with Gasteiger partial charge in [0.05, 0.1) is 0 Å². The Morgan fingerprint density at radius 3 is 2.14 bits per heavy atom. The Labute approximate surface area is 91.8 Å². The second kappa shape index (κ2) is 5.14. The van der Waals surface area contributed by atoms with Gasteiger partial charge in [-0.1, -0.05) is 15.9 Å². The van der Waals surface area contributed by atoms with Crippen molar-refractivity contribution < 1.29 is 14.3 Å². The first-order valence-electron chi connectivity index (χ1n) is 4.07. The van der Waals surface area contributed by atoms with Crippen LogP contribution in [-0.4, -0.2) is 17.5 Å². The lowest BCUT2D eigenvalue weighted by molar-refractivity contribution is -0.151. The number of carbonyl (C=O) groups excluding carboxylic acids is 2. The summed E-state index contributed by atoms with van der Waals surface area (Å²) in [6.07, 6.45) is 0. The standard InChI is InChI=1S/C9H14BrNO3/c1-6(12)11-7(5-10)8(13)14-9(2,3)4/h5H,1-4H3,(H,11,12). The minimum Gasteiger partial charge on any atom is -0.455 e. The molecule has 0 saturated heterocycles. The molecule has 4 nitrogen and oxygen atoms in total. The number of hydrogen-bond donors (Lipinski definition) is 1. The molecule has 0 radical (unpaired) electrons. The summed E-state index contributed by atoms with van der Waals surface area (Å²) in [7, 11) is 0. The third-order valence-electron chi connectivity index (χ3n) is 1.04. The zero-order valence-corrected chi connectivity index (χ0v) is 10.3. The van der Waals surface area contributed by atoms with E-state index in [0.717, 1.165) is 0 Å². The van der Waals surface area contributed by atoms with E-state index in [-0.39, 0.29) is 11.6 Å². The predicted molar refractivity (Wildman–Crippen MR) is 56.7 cm³/mol. The Morgan fingerprint density at radius 1 is 1.36 bits per heavy atom. The maximum atomic E-state index is 11.4. The van der Waals surface area contributed by atoms with Crippen molar-refractivity contribution in [3.8, 4) is 0 Å². The molecular weight excluding hydrogens is 250 g/mol. The molecule has 0 spiro atoms. The monoisotopic (exact) mass is 263 g/mol. The quantitative estimate of drug-likeness (QED) is 0.610. The van der Waals surface area contributed by atoms with Crippen LogP contribution in [0.5, 0.6) is 0 Å². The van der Waals surface area contributed by atoms with Gasteiger partial charge in [0.2, 0.25) is 5.91 Å². The van der Waals surface area contributed by atoms with Gasteiger partial charge in [-0.3, -0.25) is 4.79 Å². The van der Waals surface area contributed by atoms with Crippen LogP contribution in [0.1, 0.15) is 27.7 Å². The van der Waals surface area contributed by atoms with Gasteiger partial charge < -0.3 is 10.1 Å². The van der Waals surface area contributed by atoms with E-state index in [1.54, 1.807) is 20.8 Å². The van der Waals surface area contributed by atoms with Crippen molar-refractivity contribution in [2.24, 2.45) is 0 Å². The molecular formula is C9H14BrNO3. The van der Waals surface area contributed by atoms with Gasteiger partial charge in [-0.2, -0.15) is 0 Å². The molecule has 1 amide bonds. The van der Waals surface area contributed by atoms with Crippen molar-refractivity contribution in [3.63, 3.8) is 0 Å². The number of hydrogen-bond acceptors (Lipinski definition) is 3. The second-order valence-corrected chi connectivity index (χ2v) is 4.16. The molecule has 0 atom stereocenters. The van der Waals surface area contributed by atoms with E-state index in [4.69, 9.17) is 4.74 Å². The topological polar surface area (TPSA) is 55.4 Å². The lowest BCUT2D eigenvalue weighted by Gasteiger charge is -2.20. The van der Waals surface area contributed by atoms with E-state index in [2.05, 4.69) is 21.2 Å². The summed E-state index contributed by atoms with van der Waals surface area (Å²) in [5.41, 5.74) is -0.482. The highest BCUT2D eigenvalue weighted by Gasteiger charge is 2.20. The lowest BCUT2D eigenvalue weighted by Crippen LogP contribution is -2.31. The Hall–Kier alpha value is -0.840. The Morgan fingerprint density at radius 2 is 1.86 bits per heavy atom. The molecule has 0 saturated carbocycles. The van der Waals surface area contributed by atoms with E-state index in [1.165, 1.54) is 11.9 Å². The molecule has 0 aromatic rings. The zero-order chi connectivity index (χ0) is 11.4. The van der Waals surface area contributed by atoms with Gasteiger partial charge in [0.25, 0.3) is 0 Å². The van der Waals surface area contributed by atoms with Crippen LogP contribution >= 0.6 is 15.9 Å². The highest BCUT2D eigenvalue weighted by molar-refractivity contribution is 9.11. The fourth-order valence-electron chi connectivity index (χ4n) is 0.646. The van der Waals surface area contributed by atoms with Gasteiger partial charge in [-0.05, 0) is 20.8 Å². The summed E-state index contributed by atoms with van der Waals surface area (Å²) in [6.45, 7) is 6.58. The van der Waals surface area contributed by atoms with Crippen LogP contribution in [0.4, 0.5) is 0 Å². The third-order valence-corrected chi connectivity index (χ3v) is 1.50. The first-order valence-corrected chi connectivity index (χ1v) is 4.99. The van der Waals surface area contributed by atoms with Gasteiger partial charge >= 0.3 is 5.97 Å². The maximum Gasteiger partial charge on any atom is 0.355 e. The molecule has 0 rings (SSSR count). The smallest absolute Gasteiger partial charge is 0.355 e. The van der Waals surface area contributed by atoms with Crippen molar-refractivity contribution in [1.29, 1.82) is 0 Å². The van der Waals surface area contributed by atoms with Crippen LogP contribution in [-0.2, 0) is 14.3 Å². The highest BCUT2D eigenvalue weighted by Crippen LogP contribution is 2.10. The summed E-state index contributed by atoms with van der Waals surface area (Å²) in [5.74, 6) is -0.883. The number of ether oxygens (including phenoxy) is 1. The summed E-state index contributed by atoms with van der Waals surface area (Å²) >= 11 is 2.97. The molecule has 0 aliphatic heterocycles. The van der Waals surface area contributed by atoms with Gasteiger partial charge in [-0.25, -0.2) is 4.79 Å². The maximum absolute atomic E-state index is 11.4. The molecule has 14 heavy (non-hydrogen) atoms. The van der Waals surface area contributed by atoms with E-state index in [0.29, 0.717) is 0 Å². The molecule has 5 heteroatoms. The number of amides is 1. The number of carbonyl (C=O) groups is 2. The molecule has 0 unspecified atom stereocenters. The Bertz CT molecular complexity index is 266. The van der Waals surface area contributed by atoms with Gasteiger partial charge in [0.15, 0.2) is 0 Å². The van der Waals surface area contributed by atoms with Crippen LogP contribution in [0.25, 0.3) is 0 Å². The fourth-order valence-corrected chi connectivity index (χ4v) is 0.947. The van der Waals surface area contributed by atoms with Crippen LogP contribution < -0.4 is 5.32 Å². The van der Waals surface area contributed by atoms with Crippen LogP contribution in [0.2, 0.25) is 0 Å². The van der Waals surface area contributed by atoms with Crippen molar-refractivity contribution in [2.45, 2.75) is 33.3 Å². The van der Waals surface area contributed by atoms with Crippen molar-refractivity contribution >= 4 is 27.8 Å². The van der Waals surface area contributed by atoms with Gasteiger partial charge in [-0.15, -0.1) is 0 Å². The van der Waals surface area contributed by atoms with Gasteiger partial charge in [0.1, 0.15) is 11.3 Å². The van der Waals surface area contributed by atoms with E-state index in [1.807, 2.05) is 0 Å². The third kappa shape index (κ3) is 5.75. The lowest BCUT2D eigenvalue weighted by atomic mass is 10.2. The number of halogens is 1. The average molecular weight is 264 g/mol. The summed E-state index contributed by atoms with van der Waals surface area (Å²) < 4.78 is 5.04. The van der Waals surface area contributed by atoms with Gasteiger partial charge in [0, 0.05) is 11.9 Å². The molecule has 0 aromatic carbocycles. The number of esters is 1. The van der Waals surface area contributed by atoms with Crippen LogP contribution in [0.3, 0.4) is 0 Å². The average Bonchev–Trinajstić information content (AvgIpc) is 1.96. The molecule has 0 bridgehead atoms. The Kier molecular flexibility index (Phi) is 4.83. The molecule has 0 aromatic heterocycles. The SMILES string of the molecule is CC(=O)NC(=CBr)C(=O)OC(C)(C)C. The minimum absolute atomic E-state index is 0.0902. The fraction of sp³-hybridized carbons (Fsp3) is 0.556. The normalized spacial score (nSPS) is 12.2. The summed E-state index contributed by atoms with van der Waals surface area (Å²) in [5, 5.41) is 2.35. The highest BCUT2D eigenvalue weighted by atomic mass is 79.9. The zero-order valence-electron chi connectivity index (χ0n) is 8.68. The summed E-state index contributed by atoms with van der Waals surface area (Å²) in [6, 6.07) is 0. The molecule has 0 heterocycles. The van der Waals surface area contributed by atoms with Crippen LogP contribution in [0, 0.1) is 0 Å². The Balaban J connectivity index is 4.43. The molecule has 1 N–H and O–H groups in total. The van der Waals surface area contributed by atoms with Crippen molar-refractivity contribution in [2.75, 3.05) is 0 Å². The molecule has 0 fully saturated rings. The number of rotatable bonds is 2. The predicted octanol–water partition coefficient (Wildman–Crippen LogP) is 1.70. The first-order chi connectivity index (χ1) is 6.26. The first kappa shape index (κ1) is 13.2. The summed E-state index contributed by atoms with van der Waals surface area (Å²) in [4.78, 5) is 23.4. The van der Waals surface area contributed by atoms with Crippen LogP contribution in [0.15, 0.2) is 10.7 Å². The second-order valence-electron chi connectivity index (χ2n) is 3.71. The van der Waals surface area contributed by atoms with E-state index < -0.39 is 11.6 Å².